The summed E-state index contributed by atoms with van der Waals surface area (Å²) in [6.07, 6.45) is 12.0. The fourth-order valence-corrected chi connectivity index (χ4v) is 4.78. The number of hydrogen-bond acceptors (Lipinski definition) is 9. The molecule has 2 aromatic carbocycles. The van der Waals surface area contributed by atoms with Crippen molar-refractivity contribution in [3.63, 3.8) is 0 Å². The lowest BCUT2D eigenvalue weighted by Gasteiger charge is -2.04. The van der Waals surface area contributed by atoms with Gasteiger partial charge in [0.15, 0.2) is 0 Å². The number of para-hydroxylation sites is 2. The summed E-state index contributed by atoms with van der Waals surface area (Å²) in [4.78, 5) is 26.0. The van der Waals surface area contributed by atoms with Crippen LogP contribution >= 0.6 is 0 Å². The van der Waals surface area contributed by atoms with Gasteiger partial charge in [-0.05, 0) is 47.3 Å². The normalized spacial score (nSPS) is 10.7. The predicted molar refractivity (Wildman–Crippen MR) is 230 cm³/mol. The van der Waals surface area contributed by atoms with E-state index in [2.05, 4.69) is 148 Å². The smallest absolute Gasteiger partial charge is 0.218 e. The van der Waals surface area contributed by atoms with Crippen LogP contribution in [0.1, 0.15) is 153 Å². The number of aromatic amines is 3. The van der Waals surface area contributed by atoms with Crippen molar-refractivity contribution in [3.05, 3.63) is 139 Å². The Balaban J connectivity index is 0.000000186. The van der Waals surface area contributed by atoms with Crippen molar-refractivity contribution in [2.45, 2.75) is 119 Å². The molecule has 12 nitrogen and oxygen atoms in total. The van der Waals surface area contributed by atoms with Gasteiger partial charge in [0.2, 0.25) is 12.3 Å². The van der Waals surface area contributed by atoms with E-state index in [1.165, 1.54) is 34.2 Å². The summed E-state index contributed by atoms with van der Waals surface area (Å²) in [5.41, 5.74) is 6.76. The summed E-state index contributed by atoms with van der Waals surface area (Å²) < 4.78 is 9.50. The van der Waals surface area contributed by atoms with E-state index in [1.807, 2.05) is 68.8 Å². The van der Waals surface area contributed by atoms with Gasteiger partial charge in [-0.2, -0.15) is 0 Å². The van der Waals surface area contributed by atoms with E-state index in [1.54, 1.807) is 18.9 Å². The molecule has 12 heteroatoms. The zero-order valence-corrected chi connectivity index (χ0v) is 35.7. The molecule has 57 heavy (non-hydrogen) atoms. The lowest BCUT2D eigenvalue weighted by atomic mass is 10.1. The molecule has 0 saturated carbocycles. The fraction of sp³-hybridized carbons (Fsp3) is 0.400. The highest BCUT2D eigenvalue weighted by Gasteiger charge is 2.05. The zero-order valence-electron chi connectivity index (χ0n) is 35.7. The van der Waals surface area contributed by atoms with Crippen molar-refractivity contribution in [2.75, 3.05) is 0 Å². The second-order valence-corrected chi connectivity index (χ2v) is 15.2. The first kappa shape index (κ1) is 45.5. The number of aromatic nitrogens is 10. The Hall–Kier alpha value is -5.91. The van der Waals surface area contributed by atoms with Crippen LogP contribution in [0.4, 0.5) is 0 Å². The molecule has 0 unspecified atom stereocenters. The molecule has 0 saturated heterocycles. The molecule has 6 aromatic heterocycles. The number of pyridine rings is 1. The molecule has 8 rings (SSSR count). The average Bonchev–Trinajstić information content (AvgIpc) is 4.04. The van der Waals surface area contributed by atoms with Crippen molar-refractivity contribution >= 4 is 21.8 Å². The van der Waals surface area contributed by atoms with Crippen molar-refractivity contribution in [1.29, 1.82) is 0 Å². The van der Waals surface area contributed by atoms with Crippen molar-refractivity contribution < 1.29 is 8.94 Å². The maximum atomic E-state index is 4.87. The third-order valence-electron chi connectivity index (χ3n) is 8.40. The largest absolute Gasteiger partial charge is 0.428 e. The van der Waals surface area contributed by atoms with Crippen LogP contribution in [-0.2, 0) is 0 Å². The van der Waals surface area contributed by atoms with Crippen molar-refractivity contribution in [1.82, 2.24) is 50.2 Å². The average molecular weight is 775 g/mol. The van der Waals surface area contributed by atoms with Crippen LogP contribution in [0.15, 0.2) is 114 Å². The molecule has 0 aliphatic heterocycles. The third-order valence-corrected chi connectivity index (χ3v) is 8.40. The summed E-state index contributed by atoms with van der Waals surface area (Å²) in [5.74, 6) is 4.70. The fourth-order valence-electron chi connectivity index (χ4n) is 4.78. The van der Waals surface area contributed by atoms with Crippen molar-refractivity contribution in [2.24, 2.45) is 0 Å². The van der Waals surface area contributed by atoms with E-state index < -0.39 is 0 Å². The van der Waals surface area contributed by atoms with Crippen LogP contribution in [0.3, 0.4) is 0 Å². The first-order valence-corrected chi connectivity index (χ1v) is 19.7. The number of fused-ring (bicyclic) bond motifs is 2. The van der Waals surface area contributed by atoms with Gasteiger partial charge in [0.25, 0.3) is 0 Å². The van der Waals surface area contributed by atoms with E-state index >= 15 is 0 Å². The van der Waals surface area contributed by atoms with Crippen LogP contribution < -0.4 is 0 Å². The van der Waals surface area contributed by atoms with Crippen LogP contribution in [0.5, 0.6) is 0 Å². The summed E-state index contributed by atoms with van der Waals surface area (Å²) >= 11 is 0. The maximum Gasteiger partial charge on any atom is 0.218 e. The molecule has 0 fully saturated rings. The number of imidazole rings is 3. The molecule has 8 aromatic rings. The Morgan fingerprint density at radius 3 is 1.58 bits per heavy atom. The molecule has 0 radical (unpaired) electrons. The number of nitrogens with one attached hydrogen (secondary N) is 3. The minimum absolute atomic E-state index is 0.345. The van der Waals surface area contributed by atoms with E-state index in [0.717, 1.165) is 22.6 Å². The molecule has 304 valence electrons. The van der Waals surface area contributed by atoms with Gasteiger partial charge in [-0.25, -0.2) is 15.0 Å². The Labute approximate surface area is 337 Å². The maximum absolute atomic E-state index is 4.87. The minimum Gasteiger partial charge on any atom is -0.428 e. The molecule has 0 aliphatic carbocycles. The highest BCUT2D eigenvalue weighted by atomic mass is 16.5. The van der Waals surface area contributed by atoms with E-state index in [9.17, 15) is 0 Å². The zero-order chi connectivity index (χ0) is 41.7. The number of nitrogens with zero attached hydrogens (tertiary/aromatic N) is 7. The second kappa shape index (κ2) is 23.9. The first-order chi connectivity index (χ1) is 27.3. The molecule has 6 heterocycles. The summed E-state index contributed by atoms with van der Waals surface area (Å²) in [5, 5.41) is 13.5. The summed E-state index contributed by atoms with van der Waals surface area (Å²) in [7, 11) is 0. The molecule has 0 bridgehead atoms. The number of rotatable bonds is 6. The van der Waals surface area contributed by atoms with Crippen LogP contribution in [-0.4, -0.2) is 50.2 Å². The summed E-state index contributed by atoms with van der Waals surface area (Å²) in [6, 6.07) is 20.5. The van der Waals surface area contributed by atoms with E-state index in [0.29, 0.717) is 41.4 Å². The van der Waals surface area contributed by atoms with Gasteiger partial charge in [0, 0.05) is 59.0 Å². The Kier molecular flexibility index (Phi) is 19.1. The number of hydrogen-bond donors (Lipinski definition) is 3. The highest BCUT2D eigenvalue weighted by Crippen LogP contribution is 2.19. The van der Waals surface area contributed by atoms with Gasteiger partial charge in [0.1, 0.15) is 12.1 Å². The topological polar surface area (TPSA) is 164 Å². The molecule has 0 aliphatic rings. The number of H-pyrrole nitrogens is 3. The molecule has 0 amide bonds. The van der Waals surface area contributed by atoms with Gasteiger partial charge >= 0.3 is 0 Å². The highest BCUT2D eigenvalue weighted by molar-refractivity contribution is 5.81. The van der Waals surface area contributed by atoms with Crippen LogP contribution in [0.25, 0.3) is 21.8 Å². The molecular weight excluding hydrogens is 713 g/mol. The monoisotopic (exact) mass is 775 g/mol. The quantitative estimate of drug-likeness (QED) is 0.149. The third kappa shape index (κ3) is 16.0. The Morgan fingerprint density at radius 1 is 0.579 bits per heavy atom. The van der Waals surface area contributed by atoms with Gasteiger partial charge in [-0.15, -0.1) is 10.2 Å². The van der Waals surface area contributed by atoms with E-state index in [4.69, 9.17) is 4.42 Å². The van der Waals surface area contributed by atoms with Gasteiger partial charge < -0.3 is 23.9 Å². The first-order valence-electron chi connectivity index (χ1n) is 19.7. The Morgan fingerprint density at radius 2 is 1.18 bits per heavy atom. The molecule has 0 atom stereocenters. The van der Waals surface area contributed by atoms with Crippen molar-refractivity contribution in [3.8, 4) is 0 Å². The Bertz CT molecular complexity index is 1980. The lowest BCUT2D eigenvalue weighted by Crippen LogP contribution is -1.91. The van der Waals surface area contributed by atoms with Gasteiger partial charge in [-0.3, -0.25) is 4.98 Å². The SMILES string of the molecule is CC(C)c1cc2ccccc2cn1.CC(C)c1ccon1.CC(C)c1cnc[nH]1.CC(C)c1cnc[nH]1.CC(C)c1nc2ccccc2[nH]1.CC(C)c1nnco1. The van der Waals surface area contributed by atoms with Crippen LogP contribution in [0, 0.1) is 0 Å². The number of benzene rings is 2. The van der Waals surface area contributed by atoms with Crippen LogP contribution in [0.2, 0.25) is 0 Å². The standard InChI is InChI=1S/C12H13N.C10H12N2.2C6H10N2.C6H9NO.C5H8N2O/c1-9(2)12-7-10-5-3-4-6-11(10)8-13-12;1-7(2)10-11-8-5-3-4-6-9(8)12-10;2*1-5(2)6-3-7-4-8-6;1-5(2)6-3-4-8-7-6;1-4(2)5-7-6-3-8-5/h3-9H,1-2H3;3-7H,1-2H3,(H,11,12);2*3-5H,1-2H3,(H,7,8);3-5H,1-2H3;3-4H,1-2H3. The predicted octanol–water partition coefficient (Wildman–Crippen LogP) is 12.1. The van der Waals surface area contributed by atoms with Gasteiger partial charge in [-0.1, -0.05) is 125 Å². The summed E-state index contributed by atoms with van der Waals surface area (Å²) in [6.45, 7) is 25.3. The van der Waals surface area contributed by atoms with Gasteiger partial charge in [0.05, 0.1) is 29.4 Å². The molecular formula is C45H62N10O2. The second-order valence-electron chi connectivity index (χ2n) is 15.2. The van der Waals surface area contributed by atoms with E-state index in [-0.39, 0.29) is 0 Å². The minimum atomic E-state index is 0.345. The molecule has 3 N–H and O–H groups in total. The molecule has 0 spiro atoms. The lowest BCUT2D eigenvalue weighted by molar-refractivity contribution is 0.408.